The molecular formula is C14H26N4O2S. The Hall–Kier alpha value is -0.920. The highest BCUT2D eigenvalue weighted by Crippen LogP contribution is 2.16. The molecule has 1 aromatic heterocycles. The van der Waals surface area contributed by atoms with E-state index in [4.69, 9.17) is 0 Å². The molecule has 0 saturated carbocycles. The number of imidazole rings is 1. The van der Waals surface area contributed by atoms with E-state index in [-0.39, 0.29) is 11.1 Å². The fourth-order valence-electron chi connectivity index (χ4n) is 2.86. The third-order valence-electron chi connectivity index (χ3n) is 3.99. The molecule has 0 spiro atoms. The number of piperidine rings is 1. The zero-order chi connectivity index (χ0) is 15.6. The Kier molecular flexibility index (Phi) is 5.06. The van der Waals surface area contributed by atoms with E-state index >= 15 is 0 Å². The first-order valence-electron chi connectivity index (χ1n) is 7.52. The second-order valence-electron chi connectivity index (χ2n) is 6.27. The Labute approximate surface area is 127 Å². The predicted octanol–water partition coefficient (Wildman–Crippen LogP) is 1.13. The van der Waals surface area contributed by atoms with Gasteiger partial charge in [0.15, 0.2) is 5.03 Å². The molecule has 0 amide bonds. The lowest BCUT2D eigenvalue weighted by Crippen LogP contribution is -2.45. The lowest BCUT2D eigenvalue weighted by atomic mass is 10.00. The first-order chi connectivity index (χ1) is 9.78. The van der Waals surface area contributed by atoms with Gasteiger partial charge in [-0.25, -0.2) is 18.1 Å². The zero-order valence-corrected chi connectivity index (χ0v) is 14.2. The molecule has 1 N–H and O–H groups in total. The van der Waals surface area contributed by atoms with Gasteiger partial charge in [0, 0.05) is 32.4 Å². The van der Waals surface area contributed by atoms with Crippen LogP contribution in [0.1, 0.15) is 32.5 Å². The van der Waals surface area contributed by atoms with Crippen LogP contribution < -0.4 is 4.72 Å². The molecule has 0 bridgehead atoms. The summed E-state index contributed by atoms with van der Waals surface area (Å²) in [6, 6.07) is -0.123. The molecular weight excluding hydrogens is 288 g/mol. The summed E-state index contributed by atoms with van der Waals surface area (Å²) in [4.78, 5) is 6.43. The summed E-state index contributed by atoms with van der Waals surface area (Å²) in [5, 5.41) is 0.0985. The van der Waals surface area contributed by atoms with E-state index < -0.39 is 10.0 Å². The standard InChI is InChI=1S/C14H26N4O2S/c1-11-6-5-7-18(8-11)9-12(2)16-21(19,20)14-10-17(4)13(3)15-14/h10-12,16H,5-9H2,1-4H3/t11-,12+/m0/s1. The highest BCUT2D eigenvalue weighted by Gasteiger charge is 2.23. The maximum absolute atomic E-state index is 12.3. The van der Waals surface area contributed by atoms with Crippen LogP contribution in [0.25, 0.3) is 0 Å². The summed E-state index contributed by atoms with van der Waals surface area (Å²) in [6.07, 6.45) is 4.01. The number of sulfonamides is 1. The van der Waals surface area contributed by atoms with E-state index in [9.17, 15) is 8.42 Å². The number of likely N-dealkylation sites (tertiary alicyclic amines) is 1. The van der Waals surface area contributed by atoms with Crippen LogP contribution in [0, 0.1) is 12.8 Å². The van der Waals surface area contributed by atoms with E-state index in [1.165, 1.54) is 12.8 Å². The highest BCUT2D eigenvalue weighted by atomic mass is 32.2. The van der Waals surface area contributed by atoms with Crippen molar-refractivity contribution >= 4 is 10.0 Å². The van der Waals surface area contributed by atoms with Crippen LogP contribution in [-0.2, 0) is 17.1 Å². The average Bonchev–Trinajstić information content (AvgIpc) is 2.69. The molecule has 1 aromatic rings. The van der Waals surface area contributed by atoms with Gasteiger partial charge in [-0.15, -0.1) is 0 Å². The lowest BCUT2D eigenvalue weighted by Gasteiger charge is -2.32. The number of rotatable bonds is 5. The maximum Gasteiger partial charge on any atom is 0.259 e. The van der Waals surface area contributed by atoms with Crippen LogP contribution in [0.2, 0.25) is 0 Å². The average molecular weight is 314 g/mol. The summed E-state index contributed by atoms with van der Waals surface area (Å²) in [5.74, 6) is 1.38. The Morgan fingerprint density at radius 2 is 2.24 bits per heavy atom. The second-order valence-corrected chi connectivity index (χ2v) is 7.93. The molecule has 0 aliphatic carbocycles. The molecule has 2 heterocycles. The molecule has 1 aliphatic rings. The van der Waals surface area contributed by atoms with Gasteiger partial charge in [0.25, 0.3) is 10.0 Å². The zero-order valence-electron chi connectivity index (χ0n) is 13.3. The molecule has 0 unspecified atom stereocenters. The van der Waals surface area contributed by atoms with Crippen molar-refractivity contribution in [2.45, 2.75) is 44.7 Å². The van der Waals surface area contributed by atoms with E-state index in [0.717, 1.165) is 19.6 Å². The normalized spacial score (nSPS) is 22.4. The minimum atomic E-state index is -3.53. The van der Waals surface area contributed by atoms with Crippen molar-refractivity contribution in [2.75, 3.05) is 19.6 Å². The molecule has 2 rings (SSSR count). The Morgan fingerprint density at radius 1 is 1.52 bits per heavy atom. The molecule has 0 radical (unpaired) electrons. The van der Waals surface area contributed by atoms with Crippen molar-refractivity contribution in [2.24, 2.45) is 13.0 Å². The van der Waals surface area contributed by atoms with Crippen LogP contribution in [0.4, 0.5) is 0 Å². The number of hydrogen-bond acceptors (Lipinski definition) is 4. The lowest BCUT2D eigenvalue weighted by molar-refractivity contribution is 0.174. The Bertz CT molecular complexity index is 562. The summed E-state index contributed by atoms with van der Waals surface area (Å²) in [5.41, 5.74) is 0. The van der Waals surface area contributed by atoms with Crippen LogP contribution >= 0.6 is 0 Å². The van der Waals surface area contributed by atoms with Crippen molar-refractivity contribution in [3.05, 3.63) is 12.0 Å². The van der Waals surface area contributed by atoms with E-state index in [1.807, 2.05) is 6.92 Å². The van der Waals surface area contributed by atoms with Crippen molar-refractivity contribution in [1.82, 2.24) is 19.2 Å². The van der Waals surface area contributed by atoms with Crippen LogP contribution in [0.3, 0.4) is 0 Å². The molecule has 21 heavy (non-hydrogen) atoms. The smallest absolute Gasteiger partial charge is 0.259 e. The van der Waals surface area contributed by atoms with Gasteiger partial charge in [0.2, 0.25) is 0 Å². The van der Waals surface area contributed by atoms with Crippen LogP contribution in [0.5, 0.6) is 0 Å². The van der Waals surface area contributed by atoms with Crippen molar-refractivity contribution in [1.29, 1.82) is 0 Å². The molecule has 7 heteroatoms. The maximum atomic E-state index is 12.3. The molecule has 1 fully saturated rings. The minimum absolute atomic E-state index is 0.0985. The third kappa shape index (κ3) is 4.28. The highest BCUT2D eigenvalue weighted by molar-refractivity contribution is 7.89. The van der Waals surface area contributed by atoms with Gasteiger partial charge < -0.3 is 9.47 Å². The Morgan fingerprint density at radius 3 is 2.81 bits per heavy atom. The largest absolute Gasteiger partial charge is 0.337 e. The van der Waals surface area contributed by atoms with Gasteiger partial charge in [-0.3, -0.25) is 0 Å². The predicted molar refractivity (Wildman–Crippen MR) is 82.6 cm³/mol. The van der Waals surface area contributed by atoms with E-state index in [2.05, 4.69) is 21.5 Å². The Balaban J connectivity index is 1.96. The van der Waals surface area contributed by atoms with Crippen LogP contribution in [-0.4, -0.2) is 48.5 Å². The number of nitrogens with one attached hydrogen (secondary N) is 1. The molecule has 0 aromatic carbocycles. The quantitative estimate of drug-likeness (QED) is 0.884. The number of hydrogen-bond donors (Lipinski definition) is 1. The SMILES string of the molecule is Cc1nc(S(=O)(=O)N[C@H](C)CN2CCC[C@H](C)C2)cn1C. The fraction of sp³-hybridized carbons (Fsp3) is 0.786. The molecule has 120 valence electrons. The van der Waals surface area contributed by atoms with Gasteiger partial charge in [0.05, 0.1) is 0 Å². The molecule has 6 nitrogen and oxygen atoms in total. The number of aromatic nitrogens is 2. The van der Waals surface area contributed by atoms with Crippen molar-refractivity contribution in [3.63, 3.8) is 0 Å². The third-order valence-corrected chi connectivity index (χ3v) is 5.45. The fourth-order valence-corrected chi connectivity index (χ4v) is 4.13. The van der Waals surface area contributed by atoms with Gasteiger partial charge in [-0.1, -0.05) is 6.92 Å². The van der Waals surface area contributed by atoms with E-state index in [0.29, 0.717) is 11.7 Å². The van der Waals surface area contributed by atoms with Gasteiger partial charge in [-0.05, 0) is 39.2 Å². The molecule has 2 atom stereocenters. The van der Waals surface area contributed by atoms with E-state index in [1.54, 1.807) is 24.7 Å². The number of aryl methyl sites for hydroxylation is 2. The number of nitrogens with zero attached hydrogens (tertiary/aromatic N) is 3. The topological polar surface area (TPSA) is 67.2 Å². The van der Waals surface area contributed by atoms with Gasteiger partial charge in [0.1, 0.15) is 5.82 Å². The first-order valence-corrected chi connectivity index (χ1v) is 9.01. The van der Waals surface area contributed by atoms with Gasteiger partial charge >= 0.3 is 0 Å². The minimum Gasteiger partial charge on any atom is -0.337 e. The van der Waals surface area contributed by atoms with Gasteiger partial charge in [-0.2, -0.15) is 0 Å². The molecule has 1 saturated heterocycles. The monoisotopic (exact) mass is 314 g/mol. The van der Waals surface area contributed by atoms with Crippen molar-refractivity contribution < 1.29 is 8.42 Å². The second kappa shape index (κ2) is 6.46. The summed E-state index contributed by atoms with van der Waals surface area (Å²) in [7, 11) is -1.74. The van der Waals surface area contributed by atoms with Crippen molar-refractivity contribution in [3.8, 4) is 0 Å². The summed E-state index contributed by atoms with van der Waals surface area (Å²) in [6.45, 7) is 8.80. The first kappa shape index (κ1) is 16.5. The summed E-state index contributed by atoms with van der Waals surface area (Å²) < 4.78 is 29.1. The molecule has 1 aliphatic heterocycles. The van der Waals surface area contributed by atoms with Crippen LogP contribution in [0.15, 0.2) is 11.2 Å². The summed E-state index contributed by atoms with van der Waals surface area (Å²) >= 11 is 0.